The lowest BCUT2D eigenvalue weighted by Gasteiger charge is -2.33. The minimum atomic E-state index is -0.165. The summed E-state index contributed by atoms with van der Waals surface area (Å²) in [7, 11) is 1.91. The summed E-state index contributed by atoms with van der Waals surface area (Å²) in [4.78, 5) is 12.7. The number of carbonyl (C=O) groups excluding carboxylic acids is 1. The van der Waals surface area contributed by atoms with Gasteiger partial charge in [-0.1, -0.05) is 25.9 Å². The molecule has 136 valence electrons. The molecule has 0 radical (unpaired) electrons. The molecule has 2 heterocycles. The number of aromatic nitrogens is 3. The van der Waals surface area contributed by atoms with Crippen molar-refractivity contribution >= 4 is 5.91 Å². The Labute approximate surface area is 149 Å². The third kappa shape index (κ3) is 3.34. The van der Waals surface area contributed by atoms with Crippen LogP contribution in [0.3, 0.4) is 0 Å². The van der Waals surface area contributed by atoms with Gasteiger partial charge in [0.25, 0.3) is 5.91 Å². The Morgan fingerprint density at radius 2 is 2.08 bits per heavy atom. The molecule has 1 atom stereocenters. The van der Waals surface area contributed by atoms with Gasteiger partial charge in [0, 0.05) is 36.8 Å². The van der Waals surface area contributed by atoms with E-state index in [1.165, 1.54) is 0 Å². The first-order valence-corrected chi connectivity index (χ1v) is 8.93. The molecule has 0 bridgehead atoms. The second-order valence-electron chi connectivity index (χ2n) is 8.19. The minimum Gasteiger partial charge on any atom is -0.360 e. The molecule has 1 aliphatic rings. The molecular weight excluding hydrogens is 316 g/mol. The quantitative estimate of drug-likeness (QED) is 0.928. The van der Waals surface area contributed by atoms with Gasteiger partial charge in [-0.25, -0.2) is 0 Å². The number of hydrogen-bond acceptors (Lipinski definition) is 4. The number of nitrogens with one attached hydrogen (secondary N) is 1. The predicted molar refractivity (Wildman–Crippen MR) is 95.3 cm³/mol. The van der Waals surface area contributed by atoms with Crippen LogP contribution >= 0.6 is 0 Å². The molecule has 2 aromatic rings. The average Bonchev–Trinajstić information content (AvgIpc) is 3.06. The Balaban J connectivity index is 1.75. The van der Waals surface area contributed by atoms with E-state index in [4.69, 9.17) is 4.52 Å². The molecule has 0 aromatic carbocycles. The molecule has 25 heavy (non-hydrogen) atoms. The van der Waals surface area contributed by atoms with E-state index in [-0.39, 0.29) is 11.3 Å². The summed E-state index contributed by atoms with van der Waals surface area (Å²) in [6, 6.07) is 0. The highest BCUT2D eigenvalue weighted by molar-refractivity contribution is 5.93. The SMILES string of the molecule is Cc1nn(C)c(C)c1CNC(=O)c1noc2c1C[C@@H](C(C)(C)C)CC2. The molecule has 0 aliphatic heterocycles. The fourth-order valence-corrected chi connectivity index (χ4v) is 3.65. The fraction of sp³-hybridized carbons (Fsp3) is 0.632. The van der Waals surface area contributed by atoms with Crippen LogP contribution in [0.5, 0.6) is 0 Å². The first-order chi connectivity index (χ1) is 11.7. The zero-order valence-electron chi connectivity index (χ0n) is 16.1. The van der Waals surface area contributed by atoms with E-state index >= 15 is 0 Å². The van der Waals surface area contributed by atoms with Crippen molar-refractivity contribution in [3.05, 3.63) is 34.0 Å². The van der Waals surface area contributed by atoms with E-state index in [2.05, 4.69) is 36.3 Å². The van der Waals surface area contributed by atoms with Gasteiger partial charge in [0.2, 0.25) is 0 Å². The van der Waals surface area contributed by atoms with E-state index in [1.807, 2.05) is 25.6 Å². The maximum absolute atomic E-state index is 12.7. The Morgan fingerprint density at radius 3 is 2.68 bits per heavy atom. The summed E-state index contributed by atoms with van der Waals surface area (Å²) in [6.45, 7) is 11.2. The van der Waals surface area contributed by atoms with Crippen molar-refractivity contribution in [1.82, 2.24) is 20.3 Å². The summed E-state index contributed by atoms with van der Waals surface area (Å²) >= 11 is 0. The third-order valence-corrected chi connectivity index (χ3v) is 5.56. The summed E-state index contributed by atoms with van der Waals surface area (Å²) in [6.07, 6.45) is 2.80. The third-order valence-electron chi connectivity index (χ3n) is 5.56. The van der Waals surface area contributed by atoms with Gasteiger partial charge in [-0.2, -0.15) is 5.10 Å². The largest absolute Gasteiger partial charge is 0.360 e. The normalized spacial score (nSPS) is 17.4. The standard InChI is InChI=1S/C19H28N4O2/c1-11-15(12(2)23(6)21-11)10-20-18(24)17-14-9-13(19(3,4)5)7-8-16(14)25-22-17/h13H,7-10H2,1-6H3,(H,20,24)/t13-/m0/s1. The smallest absolute Gasteiger partial charge is 0.274 e. The van der Waals surface area contributed by atoms with Crippen molar-refractivity contribution in [2.45, 2.75) is 60.4 Å². The first-order valence-electron chi connectivity index (χ1n) is 8.93. The number of fused-ring (bicyclic) bond motifs is 1. The highest BCUT2D eigenvalue weighted by Gasteiger charge is 2.34. The molecule has 6 heteroatoms. The average molecular weight is 344 g/mol. The molecule has 0 spiro atoms. The van der Waals surface area contributed by atoms with Crippen molar-refractivity contribution in [2.24, 2.45) is 18.4 Å². The van der Waals surface area contributed by atoms with E-state index in [1.54, 1.807) is 0 Å². The maximum atomic E-state index is 12.7. The monoisotopic (exact) mass is 344 g/mol. The van der Waals surface area contributed by atoms with Gasteiger partial charge >= 0.3 is 0 Å². The van der Waals surface area contributed by atoms with E-state index < -0.39 is 0 Å². The lowest BCUT2D eigenvalue weighted by atomic mass is 9.71. The zero-order valence-corrected chi connectivity index (χ0v) is 16.1. The number of hydrogen-bond donors (Lipinski definition) is 1. The van der Waals surface area contributed by atoms with Gasteiger partial charge in [0.05, 0.1) is 5.69 Å². The molecule has 1 N–H and O–H groups in total. The van der Waals surface area contributed by atoms with Gasteiger partial charge in [0.15, 0.2) is 5.69 Å². The van der Waals surface area contributed by atoms with Gasteiger partial charge in [-0.15, -0.1) is 0 Å². The highest BCUT2D eigenvalue weighted by atomic mass is 16.5. The van der Waals surface area contributed by atoms with Gasteiger partial charge in [-0.3, -0.25) is 9.48 Å². The fourth-order valence-electron chi connectivity index (χ4n) is 3.65. The van der Waals surface area contributed by atoms with Crippen molar-refractivity contribution in [3.63, 3.8) is 0 Å². The summed E-state index contributed by atoms with van der Waals surface area (Å²) < 4.78 is 7.28. The van der Waals surface area contributed by atoms with E-state index in [0.717, 1.165) is 47.5 Å². The van der Waals surface area contributed by atoms with Crippen LogP contribution in [-0.4, -0.2) is 20.8 Å². The molecule has 0 fully saturated rings. The second kappa shape index (κ2) is 6.32. The van der Waals surface area contributed by atoms with Crippen LogP contribution in [0, 0.1) is 25.2 Å². The van der Waals surface area contributed by atoms with Gasteiger partial charge in [-0.05, 0) is 38.0 Å². The molecule has 1 aliphatic carbocycles. The Morgan fingerprint density at radius 1 is 1.36 bits per heavy atom. The number of nitrogens with zero attached hydrogens (tertiary/aromatic N) is 3. The molecule has 6 nitrogen and oxygen atoms in total. The van der Waals surface area contributed by atoms with Crippen LogP contribution in [-0.2, 0) is 26.4 Å². The van der Waals surface area contributed by atoms with Crippen LogP contribution in [0.25, 0.3) is 0 Å². The first kappa shape index (κ1) is 17.7. The van der Waals surface area contributed by atoms with E-state index in [0.29, 0.717) is 18.2 Å². The van der Waals surface area contributed by atoms with Crippen molar-refractivity contribution in [1.29, 1.82) is 0 Å². The number of aryl methyl sites for hydroxylation is 3. The molecule has 0 saturated heterocycles. The maximum Gasteiger partial charge on any atom is 0.274 e. The van der Waals surface area contributed by atoms with E-state index in [9.17, 15) is 4.79 Å². The molecule has 0 saturated carbocycles. The Hall–Kier alpha value is -2.11. The molecule has 1 amide bonds. The van der Waals surface area contributed by atoms with Crippen molar-refractivity contribution in [3.8, 4) is 0 Å². The Kier molecular flexibility index (Phi) is 4.47. The van der Waals surface area contributed by atoms with Crippen molar-refractivity contribution in [2.75, 3.05) is 0 Å². The summed E-state index contributed by atoms with van der Waals surface area (Å²) in [5.41, 5.74) is 4.71. The number of rotatable bonds is 3. The van der Waals surface area contributed by atoms with Crippen LogP contribution in [0.1, 0.15) is 66.0 Å². The number of carbonyl (C=O) groups is 1. The van der Waals surface area contributed by atoms with Crippen LogP contribution < -0.4 is 5.32 Å². The van der Waals surface area contributed by atoms with Crippen LogP contribution in [0.15, 0.2) is 4.52 Å². The highest BCUT2D eigenvalue weighted by Crippen LogP contribution is 2.38. The minimum absolute atomic E-state index is 0.165. The van der Waals surface area contributed by atoms with Crippen LogP contribution in [0.2, 0.25) is 0 Å². The topological polar surface area (TPSA) is 73.0 Å². The van der Waals surface area contributed by atoms with Gasteiger partial charge < -0.3 is 9.84 Å². The molecule has 2 aromatic heterocycles. The summed E-state index contributed by atoms with van der Waals surface area (Å²) in [5.74, 6) is 1.25. The molecular formula is C19H28N4O2. The lowest BCUT2D eigenvalue weighted by molar-refractivity contribution is 0.0940. The lowest BCUT2D eigenvalue weighted by Crippen LogP contribution is -2.29. The molecule has 3 rings (SSSR count). The predicted octanol–water partition coefficient (Wildman–Crippen LogP) is 3.11. The Bertz CT molecular complexity index is 795. The van der Waals surface area contributed by atoms with Gasteiger partial charge in [0.1, 0.15) is 5.76 Å². The summed E-state index contributed by atoms with van der Waals surface area (Å²) in [5, 5.41) is 11.4. The second-order valence-corrected chi connectivity index (χ2v) is 8.19. The van der Waals surface area contributed by atoms with Crippen molar-refractivity contribution < 1.29 is 9.32 Å². The molecule has 0 unspecified atom stereocenters. The number of amides is 1. The van der Waals surface area contributed by atoms with Crippen LogP contribution in [0.4, 0.5) is 0 Å². The zero-order chi connectivity index (χ0) is 18.4.